The molecule has 2 rings (SSSR count). The highest BCUT2D eigenvalue weighted by molar-refractivity contribution is 6.33. The summed E-state index contributed by atoms with van der Waals surface area (Å²) in [4.78, 5) is 7.35. The molecule has 0 amide bonds. The van der Waals surface area contributed by atoms with Gasteiger partial charge in [-0.15, -0.1) is 0 Å². The van der Waals surface area contributed by atoms with Gasteiger partial charge in [-0.25, -0.2) is 14.4 Å². The van der Waals surface area contributed by atoms with Gasteiger partial charge in [0.15, 0.2) is 11.0 Å². The molecule has 0 saturated heterocycles. The Hall–Kier alpha value is -1.19. The zero-order chi connectivity index (χ0) is 10.8. The van der Waals surface area contributed by atoms with Crippen LogP contribution in [0.5, 0.6) is 0 Å². The van der Waals surface area contributed by atoms with Crippen molar-refractivity contribution in [3.63, 3.8) is 0 Å². The van der Waals surface area contributed by atoms with Crippen LogP contribution in [0, 0.1) is 5.82 Å². The third kappa shape index (κ3) is 1.94. The van der Waals surface area contributed by atoms with E-state index in [9.17, 15) is 4.39 Å². The average molecular weight is 243 g/mol. The van der Waals surface area contributed by atoms with Gasteiger partial charge in [-0.05, 0) is 6.07 Å². The first-order valence-electron chi connectivity index (χ1n) is 4.11. The maximum Gasteiger partial charge on any atom is 0.186 e. The summed E-state index contributed by atoms with van der Waals surface area (Å²) < 4.78 is 13.6. The molecule has 0 unspecified atom stereocenters. The standard InChI is InChI=1S/C10H5Cl2FN2/c11-7-4-2-1-3-6(7)9-8(13)10(12)15-5-14-9/h1-5H. The first kappa shape index (κ1) is 10.3. The van der Waals surface area contributed by atoms with Gasteiger partial charge in [-0.2, -0.15) is 0 Å². The van der Waals surface area contributed by atoms with Crippen molar-refractivity contribution in [2.24, 2.45) is 0 Å². The molecule has 1 aromatic carbocycles. The molecule has 0 saturated carbocycles. The third-order valence-electron chi connectivity index (χ3n) is 1.88. The van der Waals surface area contributed by atoms with Crippen molar-refractivity contribution in [3.05, 3.63) is 46.6 Å². The Kier molecular flexibility index (Phi) is 2.84. The van der Waals surface area contributed by atoms with E-state index in [0.717, 1.165) is 0 Å². The van der Waals surface area contributed by atoms with Crippen LogP contribution in [-0.4, -0.2) is 9.97 Å². The number of hydrogen-bond donors (Lipinski definition) is 0. The molecule has 0 N–H and O–H groups in total. The lowest BCUT2D eigenvalue weighted by Gasteiger charge is -2.04. The molecule has 0 radical (unpaired) electrons. The molecule has 0 aliphatic rings. The molecule has 5 heteroatoms. The normalized spacial score (nSPS) is 10.3. The lowest BCUT2D eigenvalue weighted by atomic mass is 10.1. The van der Waals surface area contributed by atoms with E-state index in [1.54, 1.807) is 24.3 Å². The van der Waals surface area contributed by atoms with E-state index < -0.39 is 5.82 Å². The van der Waals surface area contributed by atoms with E-state index in [1.807, 2.05) is 0 Å². The van der Waals surface area contributed by atoms with Crippen LogP contribution >= 0.6 is 23.2 Å². The fraction of sp³-hybridized carbons (Fsp3) is 0. The van der Waals surface area contributed by atoms with Crippen molar-refractivity contribution in [2.45, 2.75) is 0 Å². The number of hydrogen-bond acceptors (Lipinski definition) is 2. The summed E-state index contributed by atoms with van der Waals surface area (Å²) in [6.45, 7) is 0. The van der Waals surface area contributed by atoms with E-state index in [1.165, 1.54) is 6.33 Å². The lowest BCUT2D eigenvalue weighted by molar-refractivity contribution is 0.618. The van der Waals surface area contributed by atoms with E-state index in [0.29, 0.717) is 10.6 Å². The molecule has 0 bridgehead atoms. The van der Waals surface area contributed by atoms with Crippen LogP contribution in [0.2, 0.25) is 10.2 Å². The monoisotopic (exact) mass is 242 g/mol. The van der Waals surface area contributed by atoms with Crippen LogP contribution in [0.15, 0.2) is 30.6 Å². The minimum absolute atomic E-state index is 0.112. The fourth-order valence-corrected chi connectivity index (χ4v) is 1.55. The molecule has 0 aliphatic carbocycles. The third-order valence-corrected chi connectivity index (χ3v) is 2.47. The largest absolute Gasteiger partial charge is 0.233 e. The fourth-order valence-electron chi connectivity index (χ4n) is 1.19. The molecular weight excluding hydrogens is 238 g/mol. The highest BCUT2D eigenvalue weighted by atomic mass is 35.5. The Morgan fingerprint density at radius 1 is 1.07 bits per heavy atom. The smallest absolute Gasteiger partial charge is 0.186 e. The highest BCUT2D eigenvalue weighted by Crippen LogP contribution is 2.29. The summed E-state index contributed by atoms with van der Waals surface area (Å²) in [5, 5.41) is 0.214. The first-order chi connectivity index (χ1) is 7.20. The van der Waals surface area contributed by atoms with Gasteiger partial charge in [0.25, 0.3) is 0 Å². The second-order valence-electron chi connectivity index (χ2n) is 2.81. The molecule has 15 heavy (non-hydrogen) atoms. The minimum Gasteiger partial charge on any atom is -0.233 e. The van der Waals surface area contributed by atoms with Crippen LogP contribution in [0.4, 0.5) is 4.39 Å². The molecule has 76 valence electrons. The SMILES string of the molecule is Fc1c(Cl)ncnc1-c1ccccc1Cl. The summed E-state index contributed by atoms with van der Waals surface area (Å²) in [7, 11) is 0. The van der Waals surface area contributed by atoms with Crippen molar-refractivity contribution in [2.75, 3.05) is 0 Å². The van der Waals surface area contributed by atoms with E-state index in [4.69, 9.17) is 23.2 Å². The van der Waals surface area contributed by atoms with Gasteiger partial charge < -0.3 is 0 Å². The molecule has 1 aromatic heterocycles. The summed E-state index contributed by atoms with van der Waals surface area (Å²) in [6, 6.07) is 6.83. The van der Waals surface area contributed by atoms with Gasteiger partial charge in [0.2, 0.25) is 0 Å². The van der Waals surface area contributed by atoms with Crippen molar-refractivity contribution >= 4 is 23.2 Å². The van der Waals surface area contributed by atoms with E-state index in [2.05, 4.69) is 9.97 Å². The Labute approximate surface area is 95.7 Å². The van der Waals surface area contributed by atoms with Crippen LogP contribution < -0.4 is 0 Å². The maximum absolute atomic E-state index is 13.6. The molecule has 2 nitrogen and oxygen atoms in total. The average Bonchev–Trinajstić information content (AvgIpc) is 2.23. The number of halogens is 3. The Morgan fingerprint density at radius 3 is 2.53 bits per heavy atom. The lowest BCUT2D eigenvalue weighted by Crippen LogP contribution is -1.93. The van der Waals surface area contributed by atoms with E-state index >= 15 is 0 Å². The molecule has 1 heterocycles. The molecule has 0 aliphatic heterocycles. The van der Waals surface area contributed by atoms with Crippen LogP contribution in [-0.2, 0) is 0 Å². The van der Waals surface area contributed by atoms with Crippen molar-refractivity contribution in [3.8, 4) is 11.3 Å². The molecule has 0 atom stereocenters. The Balaban J connectivity index is 2.65. The van der Waals surface area contributed by atoms with Crippen molar-refractivity contribution in [1.82, 2.24) is 9.97 Å². The topological polar surface area (TPSA) is 25.8 Å². The predicted molar refractivity (Wildman–Crippen MR) is 57.4 cm³/mol. The summed E-state index contributed by atoms with van der Waals surface area (Å²) in [6.07, 6.45) is 1.20. The molecule has 2 aromatic rings. The van der Waals surface area contributed by atoms with Gasteiger partial charge in [-0.3, -0.25) is 0 Å². The van der Waals surface area contributed by atoms with Gasteiger partial charge in [0.05, 0.1) is 5.02 Å². The van der Waals surface area contributed by atoms with Crippen molar-refractivity contribution < 1.29 is 4.39 Å². The summed E-state index contributed by atoms with van der Waals surface area (Å²) in [5.41, 5.74) is 0.613. The second-order valence-corrected chi connectivity index (χ2v) is 3.57. The highest BCUT2D eigenvalue weighted by Gasteiger charge is 2.13. The maximum atomic E-state index is 13.6. The Morgan fingerprint density at radius 2 is 1.80 bits per heavy atom. The number of nitrogens with zero attached hydrogens (tertiary/aromatic N) is 2. The molecule has 0 spiro atoms. The zero-order valence-electron chi connectivity index (χ0n) is 7.42. The van der Waals surface area contributed by atoms with Gasteiger partial charge >= 0.3 is 0 Å². The minimum atomic E-state index is -0.660. The molecule has 0 fully saturated rings. The van der Waals surface area contributed by atoms with Gasteiger partial charge in [0.1, 0.15) is 12.0 Å². The quantitative estimate of drug-likeness (QED) is 0.715. The number of aromatic nitrogens is 2. The van der Waals surface area contributed by atoms with E-state index in [-0.39, 0.29) is 10.8 Å². The molecular formula is C10H5Cl2FN2. The van der Waals surface area contributed by atoms with Gasteiger partial charge in [0, 0.05) is 5.56 Å². The second kappa shape index (κ2) is 4.13. The van der Waals surface area contributed by atoms with Crippen LogP contribution in [0.3, 0.4) is 0 Å². The summed E-state index contributed by atoms with van der Waals surface area (Å²) in [5.74, 6) is -0.660. The Bertz CT molecular complexity index is 503. The number of benzene rings is 1. The zero-order valence-corrected chi connectivity index (χ0v) is 8.93. The van der Waals surface area contributed by atoms with Crippen LogP contribution in [0.25, 0.3) is 11.3 Å². The first-order valence-corrected chi connectivity index (χ1v) is 4.86. The van der Waals surface area contributed by atoms with Crippen LogP contribution in [0.1, 0.15) is 0 Å². The van der Waals surface area contributed by atoms with Crippen molar-refractivity contribution in [1.29, 1.82) is 0 Å². The van der Waals surface area contributed by atoms with Gasteiger partial charge in [-0.1, -0.05) is 41.4 Å². The summed E-state index contributed by atoms with van der Waals surface area (Å²) >= 11 is 11.5. The number of rotatable bonds is 1. The predicted octanol–water partition coefficient (Wildman–Crippen LogP) is 3.59.